The molecule has 100 valence electrons. The largest absolute Gasteiger partial charge is 0.480 e. The molecular formula is C9H14N4O4S. The summed E-state index contributed by atoms with van der Waals surface area (Å²) in [5.41, 5.74) is 0. The molecule has 0 saturated carbocycles. The van der Waals surface area contributed by atoms with Crippen molar-refractivity contribution in [3.05, 3.63) is 5.82 Å². The number of aromatic nitrogens is 2. The lowest BCUT2D eigenvalue weighted by atomic mass is 10.5. The van der Waals surface area contributed by atoms with Gasteiger partial charge in [0.2, 0.25) is 5.13 Å². The SMILES string of the molecule is COCCN(CC(=O)O)C(=O)Nc1nc(C)ns1. The number of carboxylic acids is 1. The number of carboxylic acid groups (broad SMARTS) is 1. The minimum atomic E-state index is -1.09. The van der Waals surface area contributed by atoms with Gasteiger partial charge in [0, 0.05) is 25.2 Å². The van der Waals surface area contributed by atoms with E-state index in [9.17, 15) is 9.59 Å². The van der Waals surface area contributed by atoms with Gasteiger partial charge in [-0.3, -0.25) is 10.1 Å². The second-order valence-corrected chi connectivity index (χ2v) is 4.14. The number of ether oxygens (including phenoxy) is 1. The lowest BCUT2D eigenvalue weighted by Gasteiger charge is -2.19. The van der Waals surface area contributed by atoms with E-state index in [0.717, 1.165) is 16.4 Å². The number of aliphatic carboxylic acids is 1. The van der Waals surface area contributed by atoms with Crippen LogP contribution in [0.1, 0.15) is 5.82 Å². The number of urea groups is 1. The third-order valence-electron chi connectivity index (χ3n) is 1.92. The molecule has 1 aromatic rings. The molecule has 0 atom stereocenters. The second kappa shape index (κ2) is 6.87. The van der Waals surface area contributed by atoms with Crippen LogP contribution in [0, 0.1) is 6.92 Å². The molecule has 2 amide bonds. The van der Waals surface area contributed by atoms with E-state index < -0.39 is 18.5 Å². The number of aryl methyl sites for hydroxylation is 1. The number of methoxy groups -OCH3 is 1. The molecular weight excluding hydrogens is 260 g/mol. The van der Waals surface area contributed by atoms with Crippen molar-refractivity contribution in [1.29, 1.82) is 0 Å². The van der Waals surface area contributed by atoms with Crippen LogP contribution in [0.5, 0.6) is 0 Å². The predicted octanol–water partition coefficient (Wildman–Crippen LogP) is 0.411. The van der Waals surface area contributed by atoms with Crippen LogP contribution in [-0.2, 0) is 9.53 Å². The van der Waals surface area contributed by atoms with Gasteiger partial charge in [-0.15, -0.1) is 0 Å². The van der Waals surface area contributed by atoms with Crippen LogP contribution in [-0.4, -0.2) is 58.2 Å². The van der Waals surface area contributed by atoms with Crippen LogP contribution in [0.2, 0.25) is 0 Å². The van der Waals surface area contributed by atoms with E-state index in [0.29, 0.717) is 11.0 Å². The molecule has 8 nitrogen and oxygen atoms in total. The van der Waals surface area contributed by atoms with E-state index in [1.165, 1.54) is 7.11 Å². The van der Waals surface area contributed by atoms with E-state index >= 15 is 0 Å². The van der Waals surface area contributed by atoms with Crippen molar-refractivity contribution >= 4 is 28.7 Å². The number of nitrogens with one attached hydrogen (secondary N) is 1. The molecule has 0 spiro atoms. The van der Waals surface area contributed by atoms with Gasteiger partial charge in [0.15, 0.2) is 0 Å². The highest BCUT2D eigenvalue weighted by Crippen LogP contribution is 2.10. The number of amides is 2. The fourth-order valence-electron chi connectivity index (χ4n) is 1.14. The van der Waals surface area contributed by atoms with Gasteiger partial charge in [-0.25, -0.2) is 9.78 Å². The Morgan fingerprint density at radius 2 is 2.28 bits per heavy atom. The molecule has 1 heterocycles. The number of hydrogen-bond acceptors (Lipinski definition) is 6. The first-order chi connectivity index (χ1) is 8.52. The maximum absolute atomic E-state index is 11.8. The van der Waals surface area contributed by atoms with Gasteiger partial charge in [0.1, 0.15) is 12.4 Å². The smallest absolute Gasteiger partial charge is 0.324 e. The molecule has 0 unspecified atom stereocenters. The summed E-state index contributed by atoms with van der Waals surface area (Å²) in [4.78, 5) is 27.5. The molecule has 0 radical (unpaired) electrons. The zero-order chi connectivity index (χ0) is 13.5. The normalized spacial score (nSPS) is 10.1. The van der Waals surface area contributed by atoms with Crippen molar-refractivity contribution in [3.8, 4) is 0 Å². The van der Waals surface area contributed by atoms with Crippen molar-refractivity contribution in [2.24, 2.45) is 0 Å². The highest BCUT2D eigenvalue weighted by atomic mass is 32.1. The van der Waals surface area contributed by atoms with Crippen LogP contribution < -0.4 is 5.32 Å². The fraction of sp³-hybridized carbons (Fsp3) is 0.556. The highest BCUT2D eigenvalue weighted by molar-refractivity contribution is 7.09. The van der Waals surface area contributed by atoms with E-state index in [2.05, 4.69) is 14.7 Å². The van der Waals surface area contributed by atoms with Crippen LogP contribution in [0.15, 0.2) is 0 Å². The molecule has 0 aliphatic carbocycles. The van der Waals surface area contributed by atoms with E-state index in [4.69, 9.17) is 9.84 Å². The van der Waals surface area contributed by atoms with E-state index in [-0.39, 0.29) is 13.2 Å². The van der Waals surface area contributed by atoms with Gasteiger partial charge in [-0.1, -0.05) is 0 Å². The molecule has 2 N–H and O–H groups in total. The molecule has 9 heteroatoms. The quantitative estimate of drug-likeness (QED) is 0.778. The molecule has 0 aromatic carbocycles. The fourth-order valence-corrected chi connectivity index (χ4v) is 1.70. The number of rotatable bonds is 6. The first kappa shape index (κ1) is 14.3. The molecule has 1 rings (SSSR count). The molecule has 0 aliphatic heterocycles. The van der Waals surface area contributed by atoms with Crippen molar-refractivity contribution in [1.82, 2.24) is 14.3 Å². The number of carbonyl (C=O) groups is 2. The molecule has 0 saturated heterocycles. The molecule has 18 heavy (non-hydrogen) atoms. The number of hydrogen-bond donors (Lipinski definition) is 2. The van der Waals surface area contributed by atoms with Crippen molar-refractivity contribution < 1.29 is 19.4 Å². The standard InChI is InChI=1S/C9H14N4O4S/c1-6-10-8(18-12-6)11-9(16)13(3-4-17-2)5-7(14)15/h3-5H2,1-2H3,(H,14,15)(H,10,11,12,16). The van der Waals surface area contributed by atoms with Crippen LogP contribution in [0.25, 0.3) is 0 Å². The van der Waals surface area contributed by atoms with Crippen LogP contribution in [0.3, 0.4) is 0 Å². The maximum atomic E-state index is 11.8. The zero-order valence-electron chi connectivity index (χ0n) is 10.0. The maximum Gasteiger partial charge on any atom is 0.324 e. The van der Waals surface area contributed by atoms with Gasteiger partial charge < -0.3 is 14.7 Å². The summed E-state index contributed by atoms with van der Waals surface area (Å²) in [5.74, 6) is -0.535. The summed E-state index contributed by atoms with van der Waals surface area (Å²) < 4.78 is 8.73. The molecule has 0 fully saturated rings. The summed E-state index contributed by atoms with van der Waals surface area (Å²) >= 11 is 1.04. The summed E-state index contributed by atoms with van der Waals surface area (Å²) in [5, 5.41) is 11.5. The Kier molecular flexibility index (Phi) is 5.46. The van der Waals surface area contributed by atoms with Gasteiger partial charge in [0.05, 0.1) is 6.61 Å². The topological polar surface area (TPSA) is 105 Å². The van der Waals surface area contributed by atoms with Gasteiger partial charge in [-0.2, -0.15) is 4.37 Å². The Hall–Kier alpha value is -1.74. The monoisotopic (exact) mass is 274 g/mol. The van der Waals surface area contributed by atoms with E-state index in [1.807, 2.05) is 0 Å². The predicted molar refractivity (Wildman–Crippen MR) is 64.7 cm³/mol. The van der Waals surface area contributed by atoms with Crippen LogP contribution in [0.4, 0.5) is 9.93 Å². The Morgan fingerprint density at radius 1 is 1.56 bits per heavy atom. The first-order valence-electron chi connectivity index (χ1n) is 5.10. The third-order valence-corrected chi connectivity index (χ3v) is 2.64. The average Bonchev–Trinajstić information content (AvgIpc) is 2.69. The van der Waals surface area contributed by atoms with Crippen LogP contribution >= 0.6 is 11.5 Å². The molecule has 1 aromatic heterocycles. The number of carbonyl (C=O) groups excluding carboxylic acids is 1. The van der Waals surface area contributed by atoms with Crippen molar-refractivity contribution in [2.75, 3.05) is 32.1 Å². The van der Waals surface area contributed by atoms with Gasteiger partial charge in [0.25, 0.3) is 0 Å². The molecule has 0 bridgehead atoms. The van der Waals surface area contributed by atoms with Gasteiger partial charge >= 0.3 is 12.0 Å². The summed E-state index contributed by atoms with van der Waals surface area (Å²) in [6, 6.07) is -0.536. The van der Waals surface area contributed by atoms with Gasteiger partial charge in [-0.05, 0) is 6.92 Å². The van der Waals surface area contributed by atoms with E-state index in [1.54, 1.807) is 6.92 Å². The summed E-state index contributed by atoms with van der Waals surface area (Å²) in [6.45, 7) is 1.75. The van der Waals surface area contributed by atoms with Crippen molar-refractivity contribution in [2.45, 2.75) is 6.92 Å². The third kappa shape index (κ3) is 4.63. The zero-order valence-corrected chi connectivity index (χ0v) is 10.9. The first-order valence-corrected chi connectivity index (χ1v) is 5.87. The number of nitrogens with zero attached hydrogens (tertiary/aromatic N) is 3. The minimum absolute atomic E-state index is 0.187. The Balaban J connectivity index is 2.60. The second-order valence-electron chi connectivity index (χ2n) is 3.38. The molecule has 0 aliphatic rings. The average molecular weight is 274 g/mol. The minimum Gasteiger partial charge on any atom is -0.480 e. The summed E-state index contributed by atoms with van der Waals surface area (Å²) in [6.07, 6.45) is 0. The Morgan fingerprint density at radius 3 is 2.78 bits per heavy atom. The Labute approximate surface area is 108 Å². The Bertz CT molecular complexity index is 422. The summed E-state index contributed by atoms with van der Waals surface area (Å²) in [7, 11) is 1.48. The lowest BCUT2D eigenvalue weighted by molar-refractivity contribution is -0.137. The highest BCUT2D eigenvalue weighted by Gasteiger charge is 2.17. The lowest BCUT2D eigenvalue weighted by Crippen LogP contribution is -2.40. The van der Waals surface area contributed by atoms with Crippen molar-refractivity contribution in [3.63, 3.8) is 0 Å². The number of anilines is 1.